The molecule has 0 spiro atoms. The van der Waals surface area contributed by atoms with Gasteiger partial charge in [0.25, 0.3) is 0 Å². The van der Waals surface area contributed by atoms with Crippen LogP contribution in [0.15, 0.2) is 48.7 Å². The minimum absolute atomic E-state index is 0.202. The summed E-state index contributed by atoms with van der Waals surface area (Å²) in [4.78, 5) is 16.1. The predicted octanol–water partition coefficient (Wildman–Crippen LogP) is 4.38. The van der Waals surface area contributed by atoms with Crippen molar-refractivity contribution >= 4 is 11.5 Å². The number of aromatic nitrogens is 3. The molecule has 5 nitrogen and oxygen atoms in total. The fourth-order valence-electron chi connectivity index (χ4n) is 3.56. The van der Waals surface area contributed by atoms with Crippen molar-refractivity contribution < 1.29 is 4.39 Å². The molecule has 1 aliphatic heterocycles. The van der Waals surface area contributed by atoms with Crippen molar-refractivity contribution in [1.82, 2.24) is 15.0 Å². The molecule has 2 aromatic heterocycles. The molecule has 0 amide bonds. The van der Waals surface area contributed by atoms with E-state index in [1.54, 1.807) is 18.3 Å². The van der Waals surface area contributed by atoms with Crippen LogP contribution in [0.4, 0.5) is 15.9 Å². The standard InChI is InChI=1S/C22H24FN5/c1-15-16(2)25-21(20-9-5-6-12-24-20)27-22(15)28-13-10-17(11-14-28)26-19-8-4-3-7-18(19)23/h3-9,12,17,26H,10-11,13-14H2,1-2H3. The molecule has 1 N–H and O–H groups in total. The van der Waals surface area contributed by atoms with Gasteiger partial charge >= 0.3 is 0 Å². The molecular weight excluding hydrogens is 353 g/mol. The lowest BCUT2D eigenvalue weighted by Crippen LogP contribution is -2.40. The molecule has 0 bridgehead atoms. The van der Waals surface area contributed by atoms with E-state index in [-0.39, 0.29) is 11.9 Å². The van der Waals surface area contributed by atoms with E-state index in [1.807, 2.05) is 31.2 Å². The molecule has 0 atom stereocenters. The van der Waals surface area contributed by atoms with E-state index in [0.717, 1.165) is 48.7 Å². The minimum Gasteiger partial charge on any atom is -0.380 e. The Morgan fingerprint density at radius 2 is 1.75 bits per heavy atom. The number of hydrogen-bond donors (Lipinski definition) is 1. The number of para-hydroxylation sites is 1. The Morgan fingerprint density at radius 3 is 2.46 bits per heavy atom. The number of pyridine rings is 1. The lowest BCUT2D eigenvalue weighted by atomic mass is 10.0. The Kier molecular flexibility index (Phi) is 5.19. The van der Waals surface area contributed by atoms with Crippen molar-refractivity contribution in [2.45, 2.75) is 32.7 Å². The maximum Gasteiger partial charge on any atom is 0.180 e. The number of halogens is 1. The molecule has 3 aromatic rings. The number of hydrogen-bond acceptors (Lipinski definition) is 5. The lowest BCUT2D eigenvalue weighted by molar-refractivity contribution is 0.518. The highest BCUT2D eigenvalue weighted by Gasteiger charge is 2.23. The number of benzene rings is 1. The van der Waals surface area contributed by atoms with E-state index in [0.29, 0.717) is 11.5 Å². The van der Waals surface area contributed by atoms with Crippen molar-refractivity contribution in [1.29, 1.82) is 0 Å². The predicted molar refractivity (Wildman–Crippen MR) is 110 cm³/mol. The first-order chi connectivity index (χ1) is 13.6. The molecule has 4 rings (SSSR count). The molecule has 3 heterocycles. The van der Waals surface area contributed by atoms with E-state index >= 15 is 0 Å². The highest BCUT2D eigenvalue weighted by molar-refractivity contribution is 5.57. The summed E-state index contributed by atoms with van der Waals surface area (Å²) in [5, 5.41) is 3.34. The van der Waals surface area contributed by atoms with Crippen LogP contribution < -0.4 is 10.2 Å². The van der Waals surface area contributed by atoms with Crippen molar-refractivity contribution in [3.05, 3.63) is 65.7 Å². The monoisotopic (exact) mass is 377 g/mol. The zero-order valence-electron chi connectivity index (χ0n) is 16.2. The van der Waals surface area contributed by atoms with Crippen LogP contribution in [0.5, 0.6) is 0 Å². The van der Waals surface area contributed by atoms with Crippen LogP contribution in [0.2, 0.25) is 0 Å². The Bertz CT molecular complexity index is 952. The van der Waals surface area contributed by atoms with Crippen molar-refractivity contribution in [2.75, 3.05) is 23.3 Å². The molecule has 1 aliphatic rings. The van der Waals surface area contributed by atoms with Crippen LogP contribution in [-0.2, 0) is 0 Å². The summed E-state index contributed by atoms with van der Waals surface area (Å²) in [6.07, 6.45) is 3.61. The summed E-state index contributed by atoms with van der Waals surface area (Å²) >= 11 is 0. The van der Waals surface area contributed by atoms with Gasteiger partial charge in [0.15, 0.2) is 5.82 Å². The SMILES string of the molecule is Cc1nc(-c2ccccn2)nc(N2CCC(Nc3ccccc3F)CC2)c1C. The summed E-state index contributed by atoms with van der Waals surface area (Å²) < 4.78 is 13.9. The Labute approximate surface area is 164 Å². The van der Waals surface area contributed by atoms with Gasteiger partial charge in [-0.2, -0.15) is 0 Å². The average Bonchev–Trinajstić information content (AvgIpc) is 2.73. The second-order valence-corrected chi connectivity index (χ2v) is 7.18. The van der Waals surface area contributed by atoms with Crippen molar-refractivity contribution in [3.8, 4) is 11.5 Å². The molecule has 1 aromatic carbocycles. The van der Waals surface area contributed by atoms with E-state index in [1.165, 1.54) is 6.07 Å². The number of rotatable bonds is 4. The molecule has 0 saturated carbocycles. The van der Waals surface area contributed by atoms with Crippen LogP contribution in [0.1, 0.15) is 24.1 Å². The highest BCUT2D eigenvalue weighted by Crippen LogP contribution is 2.27. The van der Waals surface area contributed by atoms with Gasteiger partial charge in [-0.05, 0) is 51.0 Å². The van der Waals surface area contributed by atoms with Gasteiger partial charge in [0, 0.05) is 36.6 Å². The van der Waals surface area contributed by atoms with Gasteiger partial charge < -0.3 is 10.2 Å². The number of nitrogens with one attached hydrogen (secondary N) is 1. The van der Waals surface area contributed by atoms with Gasteiger partial charge in [-0.1, -0.05) is 18.2 Å². The van der Waals surface area contributed by atoms with E-state index < -0.39 is 0 Å². The van der Waals surface area contributed by atoms with Crippen molar-refractivity contribution in [3.63, 3.8) is 0 Å². The highest BCUT2D eigenvalue weighted by atomic mass is 19.1. The summed E-state index contributed by atoms with van der Waals surface area (Å²) in [6.45, 7) is 5.81. The summed E-state index contributed by atoms with van der Waals surface area (Å²) in [5.74, 6) is 1.43. The largest absolute Gasteiger partial charge is 0.380 e. The average molecular weight is 377 g/mol. The first-order valence-electron chi connectivity index (χ1n) is 9.64. The molecule has 0 aliphatic carbocycles. The third-order valence-corrected chi connectivity index (χ3v) is 5.29. The first-order valence-corrected chi connectivity index (χ1v) is 9.64. The van der Waals surface area contributed by atoms with Gasteiger partial charge in [-0.15, -0.1) is 0 Å². The smallest absolute Gasteiger partial charge is 0.180 e. The second-order valence-electron chi connectivity index (χ2n) is 7.18. The third-order valence-electron chi connectivity index (χ3n) is 5.29. The number of aryl methyl sites for hydroxylation is 1. The second kappa shape index (κ2) is 7.92. The van der Waals surface area contributed by atoms with Crippen molar-refractivity contribution in [2.24, 2.45) is 0 Å². The lowest BCUT2D eigenvalue weighted by Gasteiger charge is -2.34. The number of piperidine rings is 1. The Morgan fingerprint density at radius 1 is 1.00 bits per heavy atom. The third kappa shape index (κ3) is 3.81. The van der Waals surface area contributed by atoms with Crippen LogP contribution in [0, 0.1) is 19.7 Å². The molecule has 144 valence electrons. The topological polar surface area (TPSA) is 53.9 Å². The molecule has 1 saturated heterocycles. The van der Waals surface area contributed by atoms with Crippen LogP contribution in [-0.4, -0.2) is 34.1 Å². The molecule has 28 heavy (non-hydrogen) atoms. The van der Waals surface area contributed by atoms with Gasteiger partial charge in [0.05, 0.1) is 5.69 Å². The van der Waals surface area contributed by atoms with Crippen LogP contribution >= 0.6 is 0 Å². The minimum atomic E-state index is -0.202. The zero-order valence-corrected chi connectivity index (χ0v) is 16.2. The Hall–Kier alpha value is -3.02. The van der Waals surface area contributed by atoms with Gasteiger partial charge in [0.1, 0.15) is 17.3 Å². The zero-order chi connectivity index (χ0) is 19.5. The summed E-state index contributed by atoms with van der Waals surface area (Å²) in [7, 11) is 0. The van der Waals surface area contributed by atoms with E-state index in [2.05, 4.69) is 27.1 Å². The van der Waals surface area contributed by atoms with E-state index in [9.17, 15) is 4.39 Å². The summed E-state index contributed by atoms with van der Waals surface area (Å²) in [5.41, 5.74) is 3.42. The van der Waals surface area contributed by atoms with Gasteiger partial charge in [0.2, 0.25) is 0 Å². The molecule has 1 fully saturated rings. The molecule has 0 radical (unpaired) electrons. The molecule has 0 unspecified atom stereocenters. The fourth-order valence-corrected chi connectivity index (χ4v) is 3.56. The first kappa shape index (κ1) is 18.3. The molecular formula is C22H24FN5. The number of nitrogens with zero attached hydrogens (tertiary/aromatic N) is 4. The van der Waals surface area contributed by atoms with Gasteiger partial charge in [-0.3, -0.25) is 4.98 Å². The normalized spacial score (nSPS) is 14.9. The summed E-state index contributed by atoms with van der Waals surface area (Å²) in [6, 6.07) is 12.9. The van der Waals surface area contributed by atoms with E-state index in [4.69, 9.17) is 4.98 Å². The van der Waals surface area contributed by atoms with Crippen LogP contribution in [0.25, 0.3) is 11.5 Å². The quantitative estimate of drug-likeness (QED) is 0.731. The van der Waals surface area contributed by atoms with Gasteiger partial charge in [-0.25, -0.2) is 14.4 Å². The maximum absolute atomic E-state index is 13.9. The molecule has 6 heteroatoms. The van der Waals surface area contributed by atoms with Crippen LogP contribution in [0.3, 0.4) is 0 Å². The Balaban J connectivity index is 1.50. The maximum atomic E-state index is 13.9. The fraction of sp³-hybridized carbons (Fsp3) is 0.318. The number of anilines is 2.